The number of H-pyrrole nitrogens is 1. The summed E-state index contributed by atoms with van der Waals surface area (Å²) >= 11 is 0. The van der Waals surface area contributed by atoms with Crippen LogP contribution >= 0.6 is 0 Å². The summed E-state index contributed by atoms with van der Waals surface area (Å²) in [7, 11) is 0. The van der Waals surface area contributed by atoms with Crippen LogP contribution in [0.5, 0.6) is 0 Å². The first-order valence-electron chi connectivity index (χ1n) is 9.33. The molecule has 0 spiro atoms. The zero-order valence-electron chi connectivity index (χ0n) is 14.7. The van der Waals surface area contributed by atoms with Crippen molar-refractivity contribution in [1.29, 1.82) is 0 Å². The zero-order chi connectivity index (χ0) is 17.6. The fourth-order valence-corrected chi connectivity index (χ4v) is 4.55. The first kappa shape index (κ1) is 16.4. The van der Waals surface area contributed by atoms with Gasteiger partial charge in [-0.2, -0.15) is 0 Å². The molecule has 2 unspecified atom stereocenters. The van der Waals surface area contributed by atoms with Gasteiger partial charge in [-0.3, -0.25) is 9.36 Å². The molecule has 2 aliphatic rings. The maximum Gasteiger partial charge on any atom is 0.326 e. The number of benzene rings is 1. The summed E-state index contributed by atoms with van der Waals surface area (Å²) < 4.78 is 1.87. The van der Waals surface area contributed by atoms with Crippen LogP contribution in [0.15, 0.2) is 23.0 Å². The third-order valence-corrected chi connectivity index (χ3v) is 5.91. The molecule has 134 valence electrons. The van der Waals surface area contributed by atoms with Crippen molar-refractivity contribution < 1.29 is 4.79 Å². The molecule has 1 saturated carbocycles. The lowest BCUT2D eigenvalue weighted by Gasteiger charge is -2.21. The highest BCUT2D eigenvalue weighted by Crippen LogP contribution is 2.31. The van der Waals surface area contributed by atoms with E-state index in [-0.39, 0.29) is 23.7 Å². The van der Waals surface area contributed by atoms with Crippen LogP contribution in [0, 0.1) is 5.92 Å². The molecule has 0 bridgehead atoms. The molecular weight excluding hydrogens is 316 g/mol. The van der Waals surface area contributed by atoms with Gasteiger partial charge in [-0.05, 0) is 56.8 Å². The molecule has 2 heterocycles. The van der Waals surface area contributed by atoms with Crippen LogP contribution in [-0.4, -0.2) is 39.5 Å². The van der Waals surface area contributed by atoms with E-state index in [0.29, 0.717) is 24.6 Å². The number of carbonyl (C=O) groups excluding carboxylic acids is 1. The first-order chi connectivity index (χ1) is 12.1. The van der Waals surface area contributed by atoms with E-state index < -0.39 is 0 Å². The summed E-state index contributed by atoms with van der Waals surface area (Å²) in [4.78, 5) is 30.1. The highest BCUT2D eigenvalue weighted by molar-refractivity contribution is 5.97. The van der Waals surface area contributed by atoms with Gasteiger partial charge in [0, 0.05) is 24.2 Å². The maximum atomic E-state index is 12.9. The van der Waals surface area contributed by atoms with Gasteiger partial charge >= 0.3 is 5.69 Å². The van der Waals surface area contributed by atoms with Crippen LogP contribution in [0.3, 0.4) is 0 Å². The van der Waals surface area contributed by atoms with Crippen molar-refractivity contribution >= 4 is 16.9 Å². The Bertz CT molecular complexity index is 847. The molecule has 0 radical (unpaired) electrons. The molecular formula is C19H26N4O2. The Kier molecular flexibility index (Phi) is 4.15. The number of nitrogens with one attached hydrogen (secondary N) is 1. The molecule has 1 aromatic carbocycles. The number of hydrogen-bond acceptors (Lipinski definition) is 3. The summed E-state index contributed by atoms with van der Waals surface area (Å²) in [5.41, 5.74) is 8.00. The van der Waals surface area contributed by atoms with Crippen molar-refractivity contribution in [2.75, 3.05) is 13.1 Å². The Hall–Kier alpha value is -2.08. The van der Waals surface area contributed by atoms with Crippen molar-refractivity contribution in [1.82, 2.24) is 14.5 Å². The van der Waals surface area contributed by atoms with Gasteiger partial charge in [0.05, 0.1) is 11.0 Å². The predicted octanol–water partition coefficient (Wildman–Crippen LogP) is 2.25. The molecule has 3 N–H and O–H groups in total. The minimum Gasteiger partial charge on any atom is -0.336 e. The van der Waals surface area contributed by atoms with Gasteiger partial charge < -0.3 is 15.6 Å². The van der Waals surface area contributed by atoms with Gasteiger partial charge in [0.2, 0.25) is 0 Å². The smallest absolute Gasteiger partial charge is 0.326 e. The monoisotopic (exact) mass is 342 g/mol. The molecule has 2 aromatic rings. The van der Waals surface area contributed by atoms with Crippen LogP contribution in [0.1, 0.15) is 55.4 Å². The lowest BCUT2D eigenvalue weighted by atomic mass is 10.1. The van der Waals surface area contributed by atoms with Gasteiger partial charge in [-0.25, -0.2) is 4.79 Å². The molecule has 2 fully saturated rings. The number of fused-ring (bicyclic) bond motifs is 1. The number of carbonyl (C=O) groups is 1. The molecule has 2 atom stereocenters. The Morgan fingerprint density at radius 2 is 2.08 bits per heavy atom. The quantitative estimate of drug-likeness (QED) is 0.897. The number of imidazole rings is 1. The SMILES string of the molecule is CC1CC(CN)CN1C(=O)c1ccc2c(c1)[nH]c(=O)n2C1CCCC1. The van der Waals surface area contributed by atoms with E-state index in [0.717, 1.165) is 30.3 Å². The van der Waals surface area contributed by atoms with Gasteiger partial charge in [0.1, 0.15) is 0 Å². The number of nitrogens with zero attached hydrogens (tertiary/aromatic N) is 2. The van der Waals surface area contributed by atoms with Crippen LogP contribution < -0.4 is 11.4 Å². The van der Waals surface area contributed by atoms with Crippen molar-refractivity contribution in [3.8, 4) is 0 Å². The molecule has 25 heavy (non-hydrogen) atoms. The molecule has 6 nitrogen and oxygen atoms in total. The number of amides is 1. The van der Waals surface area contributed by atoms with E-state index >= 15 is 0 Å². The number of nitrogens with two attached hydrogens (primary N) is 1. The minimum absolute atomic E-state index is 0.0276. The van der Waals surface area contributed by atoms with Crippen LogP contribution in [-0.2, 0) is 0 Å². The third kappa shape index (κ3) is 2.78. The summed E-state index contributed by atoms with van der Waals surface area (Å²) in [6.07, 6.45) is 5.42. The lowest BCUT2D eigenvalue weighted by molar-refractivity contribution is 0.0743. The van der Waals surface area contributed by atoms with Crippen molar-refractivity contribution in [2.24, 2.45) is 11.7 Å². The van der Waals surface area contributed by atoms with E-state index in [1.165, 1.54) is 12.8 Å². The number of aromatic amines is 1. The minimum atomic E-state index is -0.0655. The molecule has 6 heteroatoms. The zero-order valence-corrected chi connectivity index (χ0v) is 14.7. The normalized spacial score (nSPS) is 24.5. The van der Waals surface area contributed by atoms with Crippen LogP contribution in [0.2, 0.25) is 0 Å². The highest BCUT2D eigenvalue weighted by Gasteiger charge is 2.32. The molecule has 1 aliphatic carbocycles. The summed E-state index contributed by atoms with van der Waals surface area (Å²) in [5, 5.41) is 0. The molecule has 1 amide bonds. The van der Waals surface area contributed by atoms with Crippen LogP contribution in [0.4, 0.5) is 0 Å². The van der Waals surface area contributed by atoms with Crippen molar-refractivity contribution in [3.63, 3.8) is 0 Å². The van der Waals surface area contributed by atoms with Crippen molar-refractivity contribution in [3.05, 3.63) is 34.2 Å². The standard InChI is InChI=1S/C19H26N4O2/c1-12-8-13(10-20)11-22(12)18(24)14-6-7-17-16(9-14)21-19(25)23(17)15-4-2-3-5-15/h6-7,9,12-13,15H,2-5,8,10-11,20H2,1H3,(H,21,25). The average Bonchev–Trinajstić information content (AvgIpc) is 3.31. The van der Waals surface area contributed by atoms with Crippen molar-refractivity contribution in [2.45, 2.75) is 51.1 Å². The molecule has 1 aliphatic heterocycles. The number of hydrogen-bond donors (Lipinski definition) is 2. The van der Waals surface area contributed by atoms with Crippen LogP contribution in [0.25, 0.3) is 11.0 Å². The Labute approximate surface area is 147 Å². The fourth-order valence-electron chi connectivity index (χ4n) is 4.55. The van der Waals surface area contributed by atoms with E-state index in [2.05, 4.69) is 11.9 Å². The van der Waals surface area contributed by atoms with Gasteiger partial charge in [-0.1, -0.05) is 12.8 Å². The highest BCUT2D eigenvalue weighted by atomic mass is 16.2. The van der Waals surface area contributed by atoms with E-state index in [9.17, 15) is 9.59 Å². The van der Waals surface area contributed by atoms with Gasteiger partial charge in [-0.15, -0.1) is 0 Å². The Morgan fingerprint density at radius 3 is 2.76 bits per heavy atom. The second kappa shape index (κ2) is 6.33. The lowest BCUT2D eigenvalue weighted by Crippen LogP contribution is -2.34. The topological polar surface area (TPSA) is 84.1 Å². The second-order valence-electron chi connectivity index (χ2n) is 7.61. The third-order valence-electron chi connectivity index (χ3n) is 5.91. The number of rotatable bonds is 3. The largest absolute Gasteiger partial charge is 0.336 e. The van der Waals surface area contributed by atoms with Gasteiger partial charge in [0.15, 0.2) is 0 Å². The summed E-state index contributed by atoms with van der Waals surface area (Å²) in [6.45, 7) is 3.41. The first-order valence-corrected chi connectivity index (χ1v) is 9.33. The number of aromatic nitrogens is 2. The average molecular weight is 342 g/mol. The number of likely N-dealkylation sites (tertiary alicyclic amines) is 1. The van der Waals surface area contributed by atoms with E-state index in [1.54, 1.807) is 0 Å². The second-order valence-corrected chi connectivity index (χ2v) is 7.61. The molecule has 1 aromatic heterocycles. The Balaban J connectivity index is 1.66. The Morgan fingerprint density at radius 1 is 1.32 bits per heavy atom. The predicted molar refractivity (Wildman–Crippen MR) is 97.7 cm³/mol. The summed E-state index contributed by atoms with van der Waals surface area (Å²) in [6, 6.07) is 6.09. The molecule has 1 saturated heterocycles. The maximum absolute atomic E-state index is 12.9. The summed E-state index contributed by atoms with van der Waals surface area (Å²) in [5.74, 6) is 0.408. The van der Waals surface area contributed by atoms with Gasteiger partial charge in [0.25, 0.3) is 5.91 Å². The molecule has 4 rings (SSSR count). The van der Waals surface area contributed by atoms with E-state index in [4.69, 9.17) is 5.73 Å². The fraction of sp³-hybridized carbons (Fsp3) is 0.579. The van der Waals surface area contributed by atoms with E-state index in [1.807, 2.05) is 27.7 Å².